The maximum atomic E-state index is 11.3. The topological polar surface area (TPSA) is 41.6 Å². The van der Waals surface area contributed by atoms with Gasteiger partial charge >= 0.3 is 0 Å². The van der Waals surface area contributed by atoms with Crippen molar-refractivity contribution in [3.05, 3.63) is 29.8 Å². The highest BCUT2D eigenvalue weighted by Crippen LogP contribution is 2.20. The maximum Gasteiger partial charge on any atom is 0.219 e. The minimum Gasteiger partial charge on any atom is -0.380 e. The first-order valence-electron chi connectivity index (χ1n) is 6.80. The van der Waals surface area contributed by atoms with Crippen LogP contribution < -0.4 is 5.32 Å². The number of anilines is 1. The Morgan fingerprint density at radius 1 is 1.47 bits per heavy atom. The lowest BCUT2D eigenvalue weighted by Crippen LogP contribution is -2.31. The molecule has 2 rings (SSSR count). The summed E-state index contributed by atoms with van der Waals surface area (Å²) in [7, 11) is 1.82. The van der Waals surface area contributed by atoms with Gasteiger partial charge in [0.25, 0.3) is 0 Å². The summed E-state index contributed by atoms with van der Waals surface area (Å²) in [5.74, 6) is 0.0794. The summed E-state index contributed by atoms with van der Waals surface area (Å²) in [6.07, 6.45) is 2.24. The second-order valence-electron chi connectivity index (χ2n) is 5.09. The van der Waals surface area contributed by atoms with E-state index in [9.17, 15) is 4.79 Å². The van der Waals surface area contributed by atoms with Crippen LogP contribution in [0.1, 0.15) is 25.3 Å². The lowest BCUT2D eigenvalue weighted by Gasteiger charge is -2.26. The number of ether oxygens (including phenoxy) is 1. The van der Waals surface area contributed by atoms with Crippen molar-refractivity contribution in [3.8, 4) is 0 Å². The molecule has 1 atom stereocenters. The van der Waals surface area contributed by atoms with E-state index in [1.165, 1.54) is 0 Å². The Kier molecular flexibility index (Phi) is 4.80. The number of amides is 1. The summed E-state index contributed by atoms with van der Waals surface area (Å²) < 4.78 is 5.49. The molecule has 1 fully saturated rings. The number of nitrogens with zero attached hydrogens (tertiary/aromatic N) is 1. The molecule has 0 bridgehead atoms. The molecule has 1 unspecified atom stereocenters. The molecule has 104 valence electrons. The molecule has 1 aliphatic heterocycles. The fraction of sp³-hybridized carbons (Fsp3) is 0.533. The molecular weight excluding hydrogens is 240 g/mol. The van der Waals surface area contributed by atoms with Crippen LogP contribution in [0.5, 0.6) is 0 Å². The van der Waals surface area contributed by atoms with Crippen LogP contribution in [0.15, 0.2) is 24.3 Å². The van der Waals surface area contributed by atoms with Gasteiger partial charge in [0.1, 0.15) is 0 Å². The smallest absolute Gasteiger partial charge is 0.219 e. The van der Waals surface area contributed by atoms with Crippen LogP contribution in [0, 0.1) is 0 Å². The standard InChI is InChI=1S/C15H22N2O2/c1-12(18)17(2)10-13-6-3-4-8-15(13)16-14-7-5-9-19-11-14/h3-4,6,8,14,16H,5,7,9-11H2,1-2H3. The van der Waals surface area contributed by atoms with Gasteiger partial charge < -0.3 is 15.0 Å². The van der Waals surface area contributed by atoms with E-state index >= 15 is 0 Å². The van der Waals surface area contributed by atoms with E-state index < -0.39 is 0 Å². The molecule has 0 saturated carbocycles. The SMILES string of the molecule is CC(=O)N(C)Cc1ccccc1NC1CCCOC1. The average Bonchev–Trinajstić information content (AvgIpc) is 2.42. The van der Waals surface area contributed by atoms with Gasteiger partial charge in [0.2, 0.25) is 5.91 Å². The number of para-hydroxylation sites is 1. The van der Waals surface area contributed by atoms with Gasteiger partial charge in [-0.3, -0.25) is 4.79 Å². The van der Waals surface area contributed by atoms with E-state index in [1.807, 2.05) is 19.2 Å². The van der Waals surface area contributed by atoms with Gasteiger partial charge in [-0.05, 0) is 24.5 Å². The summed E-state index contributed by atoms with van der Waals surface area (Å²) in [5.41, 5.74) is 2.25. The van der Waals surface area contributed by atoms with Gasteiger partial charge in [0, 0.05) is 38.9 Å². The maximum absolute atomic E-state index is 11.3. The van der Waals surface area contributed by atoms with Gasteiger partial charge in [-0.1, -0.05) is 18.2 Å². The predicted octanol–water partition coefficient (Wildman–Crippen LogP) is 2.26. The minimum atomic E-state index is 0.0794. The first-order valence-corrected chi connectivity index (χ1v) is 6.80. The normalized spacial score (nSPS) is 18.9. The molecule has 4 heteroatoms. The van der Waals surface area contributed by atoms with Crippen LogP contribution in [0.3, 0.4) is 0 Å². The zero-order chi connectivity index (χ0) is 13.7. The Balaban J connectivity index is 2.04. The van der Waals surface area contributed by atoms with Crippen molar-refractivity contribution in [1.29, 1.82) is 0 Å². The van der Waals surface area contributed by atoms with E-state index in [-0.39, 0.29) is 5.91 Å². The fourth-order valence-electron chi connectivity index (χ4n) is 2.24. The monoisotopic (exact) mass is 262 g/mol. The molecule has 1 aliphatic rings. The van der Waals surface area contributed by atoms with E-state index in [0.29, 0.717) is 12.6 Å². The Labute approximate surface area is 114 Å². The van der Waals surface area contributed by atoms with Gasteiger partial charge in [-0.25, -0.2) is 0 Å². The van der Waals surface area contributed by atoms with Crippen molar-refractivity contribution >= 4 is 11.6 Å². The van der Waals surface area contributed by atoms with Crippen LogP contribution in [0.2, 0.25) is 0 Å². The molecule has 0 spiro atoms. The van der Waals surface area contributed by atoms with Crippen molar-refractivity contribution in [2.24, 2.45) is 0 Å². The first-order chi connectivity index (χ1) is 9.16. The molecule has 19 heavy (non-hydrogen) atoms. The number of carbonyl (C=O) groups is 1. The van der Waals surface area contributed by atoms with Crippen molar-refractivity contribution in [3.63, 3.8) is 0 Å². The van der Waals surface area contributed by atoms with Gasteiger partial charge in [-0.2, -0.15) is 0 Å². The fourth-order valence-corrected chi connectivity index (χ4v) is 2.24. The highest BCUT2D eigenvalue weighted by molar-refractivity contribution is 5.73. The Morgan fingerprint density at radius 2 is 2.26 bits per heavy atom. The molecule has 1 amide bonds. The van der Waals surface area contributed by atoms with Crippen molar-refractivity contribution in [1.82, 2.24) is 4.90 Å². The highest BCUT2D eigenvalue weighted by atomic mass is 16.5. The molecule has 0 aliphatic carbocycles. The van der Waals surface area contributed by atoms with Gasteiger partial charge in [0.15, 0.2) is 0 Å². The van der Waals surface area contributed by atoms with E-state index in [1.54, 1.807) is 11.8 Å². The number of benzene rings is 1. The molecule has 0 aromatic heterocycles. The zero-order valence-corrected chi connectivity index (χ0v) is 11.7. The third-order valence-electron chi connectivity index (χ3n) is 3.48. The summed E-state index contributed by atoms with van der Waals surface area (Å²) in [4.78, 5) is 13.1. The zero-order valence-electron chi connectivity index (χ0n) is 11.7. The van der Waals surface area contributed by atoms with Crippen molar-refractivity contribution in [2.75, 3.05) is 25.6 Å². The minimum absolute atomic E-state index is 0.0794. The van der Waals surface area contributed by atoms with E-state index in [2.05, 4.69) is 17.4 Å². The lowest BCUT2D eigenvalue weighted by atomic mass is 10.1. The summed E-state index contributed by atoms with van der Waals surface area (Å²) in [6.45, 7) is 3.85. The molecule has 1 aromatic rings. The lowest BCUT2D eigenvalue weighted by molar-refractivity contribution is -0.128. The quantitative estimate of drug-likeness (QED) is 0.905. The Hall–Kier alpha value is -1.55. The van der Waals surface area contributed by atoms with Gasteiger partial charge in [-0.15, -0.1) is 0 Å². The van der Waals surface area contributed by atoms with Crippen LogP contribution in [0.4, 0.5) is 5.69 Å². The second-order valence-corrected chi connectivity index (χ2v) is 5.09. The van der Waals surface area contributed by atoms with Gasteiger partial charge in [0.05, 0.1) is 6.61 Å². The molecular formula is C15H22N2O2. The first kappa shape index (κ1) is 13.9. The summed E-state index contributed by atoms with van der Waals surface area (Å²) in [6, 6.07) is 8.52. The number of carbonyl (C=O) groups excluding carboxylic acids is 1. The highest BCUT2D eigenvalue weighted by Gasteiger charge is 2.15. The van der Waals surface area contributed by atoms with E-state index in [4.69, 9.17) is 4.74 Å². The second kappa shape index (κ2) is 6.57. The average molecular weight is 262 g/mol. The summed E-state index contributed by atoms with van der Waals surface area (Å²) >= 11 is 0. The van der Waals surface area contributed by atoms with Crippen LogP contribution in [0.25, 0.3) is 0 Å². The van der Waals surface area contributed by atoms with Crippen LogP contribution in [-0.2, 0) is 16.1 Å². The van der Waals surface area contributed by atoms with Crippen LogP contribution in [-0.4, -0.2) is 37.1 Å². The predicted molar refractivity (Wildman–Crippen MR) is 76.1 cm³/mol. The number of hydrogen-bond acceptors (Lipinski definition) is 3. The largest absolute Gasteiger partial charge is 0.380 e. The molecule has 1 N–H and O–H groups in total. The number of nitrogens with one attached hydrogen (secondary N) is 1. The van der Waals surface area contributed by atoms with E-state index in [0.717, 1.165) is 37.3 Å². The molecule has 0 radical (unpaired) electrons. The molecule has 1 saturated heterocycles. The number of rotatable bonds is 4. The van der Waals surface area contributed by atoms with Crippen LogP contribution >= 0.6 is 0 Å². The molecule has 4 nitrogen and oxygen atoms in total. The third-order valence-corrected chi connectivity index (χ3v) is 3.48. The number of hydrogen-bond donors (Lipinski definition) is 1. The molecule has 1 aromatic carbocycles. The van der Waals surface area contributed by atoms with Crippen molar-refractivity contribution in [2.45, 2.75) is 32.4 Å². The Morgan fingerprint density at radius 3 is 2.95 bits per heavy atom. The summed E-state index contributed by atoms with van der Waals surface area (Å²) in [5, 5.41) is 3.53. The molecule has 1 heterocycles. The third kappa shape index (κ3) is 3.96. The Bertz CT molecular complexity index is 428. The van der Waals surface area contributed by atoms with Crippen molar-refractivity contribution < 1.29 is 9.53 Å².